The Balaban J connectivity index is 1.49. The lowest BCUT2D eigenvalue weighted by Gasteiger charge is -2.06. The number of fused-ring (bicyclic) bond motifs is 1. The summed E-state index contributed by atoms with van der Waals surface area (Å²) in [5, 5.41) is 13.6. The van der Waals surface area contributed by atoms with Crippen molar-refractivity contribution in [1.82, 2.24) is 14.8 Å². The fraction of sp³-hybridized carbons (Fsp3) is 0.312. The van der Waals surface area contributed by atoms with Crippen LogP contribution in [-0.2, 0) is 11.3 Å². The van der Waals surface area contributed by atoms with Crippen molar-refractivity contribution >= 4 is 33.3 Å². The summed E-state index contributed by atoms with van der Waals surface area (Å²) in [5.74, 6) is 1.25. The number of anilines is 1. The second-order valence-electron chi connectivity index (χ2n) is 5.60. The summed E-state index contributed by atoms with van der Waals surface area (Å²) in [7, 11) is 1.64. The van der Waals surface area contributed by atoms with Crippen LogP contribution >= 0.6 is 11.3 Å². The van der Waals surface area contributed by atoms with E-state index in [4.69, 9.17) is 4.74 Å². The van der Waals surface area contributed by atoms with Crippen LogP contribution in [0.2, 0.25) is 0 Å². The first kappa shape index (κ1) is 14.2. The van der Waals surface area contributed by atoms with Crippen LogP contribution in [0, 0.1) is 0 Å². The van der Waals surface area contributed by atoms with Crippen LogP contribution in [-0.4, -0.2) is 27.8 Å². The Morgan fingerprint density at radius 2 is 2.26 bits per heavy atom. The van der Waals surface area contributed by atoms with Crippen molar-refractivity contribution in [1.29, 1.82) is 0 Å². The molecule has 4 rings (SSSR count). The van der Waals surface area contributed by atoms with Gasteiger partial charge in [0.25, 0.3) is 0 Å². The van der Waals surface area contributed by atoms with Gasteiger partial charge in [-0.15, -0.1) is 10.2 Å². The summed E-state index contributed by atoms with van der Waals surface area (Å²) >= 11 is 1.47. The van der Waals surface area contributed by atoms with Crippen LogP contribution < -0.4 is 10.1 Å². The normalized spacial score (nSPS) is 14.1. The Hall–Kier alpha value is -2.41. The monoisotopic (exact) mass is 328 g/mol. The number of nitrogens with zero attached hydrogens (tertiary/aromatic N) is 3. The number of amides is 1. The van der Waals surface area contributed by atoms with E-state index in [0.29, 0.717) is 11.0 Å². The van der Waals surface area contributed by atoms with Gasteiger partial charge in [-0.2, -0.15) is 0 Å². The summed E-state index contributed by atoms with van der Waals surface area (Å²) in [6.07, 6.45) is 4.25. The molecule has 0 unspecified atom stereocenters. The third-order valence-electron chi connectivity index (χ3n) is 3.92. The lowest BCUT2D eigenvalue weighted by molar-refractivity contribution is -0.116. The van der Waals surface area contributed by atoms with Crippen molar-refractivity contribution < 1.29 is 9.53 Å². The van der Waals surface area contributed by atoms with E-state index in [2.05, 4.69) is 15.5 Å². The topological polar surface area (TPSA) is 69.0 Å². The Morgan fingerprint density at radius 3 is 3.04 bits per heavy atom. The van der Waals surface area contributed by atoms with Crippen LogP contribution in [0.25, 0.3) is 10.9 Å². The van der Waals surface area contributed by atoms with Crippen molar-refractivity contribution in [2.45, 2.75) is 25.3 Å². The molecule has 2 aromatic heterocycles. The molecule has 1 aliphatic carbocycles. The number of hydrogen-bond acceptors (Lipinski definition) is 5. The van der Waals surface area contributed by atoms with E-state index in [1.54, 1.807) is 7.11 Å². The number of carbonyl (C=O) groups is 1. The summed E-state index contributed by atoms with van der Waals surface area (Å²) in [6, 6.07) is 7.76. The zero-order valence-electron chi connectivity index (χ0n) is 12.7. The predicted octanol–water partition coefficient (Wildman–Crippen LogP) is 3.02. The van der Waals surface area contributed by atoms with Gasteiger partial charge in [-0.25, -0.2) is 0 Å². The largest absolute Gasteiger partial charge is 0.496 e. The van der Waals surface area contributed by atoms with E-state index in [0.717, 1.165) is 21.7 Å². The Kier molecular flexibility index (Phi) is 3.49. The molecular weight excluding hydrogens is 312 g/mol. The summed E-state index contributed by atoms with van der Waals surface area (Å²) in [4.78, 5) is 12.2. The van der Waals surface area contributed by atoms with Gasteiger partial charge >= 0.3 is 0 Å². The lowest BCUT2D eigenvalue weighted by atomic mass is 10.2. The minimum absolute atomic E-state index is 0.108. The number of benzene rings is 1. The van der Waals surface area contributed by atoms with E-state index in [1.165, 1.54) is 24.2 Å². The van der Waals surface area contributed by atoms with Gasteiger partial charge in [-0.1, -0.05) is 17.4 Å². The molecular formula is C16H16N4O2S. The number of aromatic nitrogens is 3. The smallest absolute Gasteiger partial charge is 0.246 e. The Labute approximate surface area is 137 Å². The van der Waals surface area contributed by atoms with Gasteiger partial charge in [0, 0.05) is 17.5 Å². The standard InChI is InChI=1S/C16H16N4O2S/c1-22-13-4-2-3-12-11(13)7-8-20(12)9-14(21)17-16-19-18-15(23-16)10-5-6-10/h2-4,7-8,10H,5-6,9H2,1H3,(H,17,19,21). The van der Waals surface area contributed by atoms with Crippen molar-refractivity contribution in [2.24, 2.45) is 0 Å². The average Bonchev–Trinajstić information content (AvgIpc) is 3.18. The average molecular weight is 328 g/mol. The summed E-state index contributed by atoms with van der Waals surface area (Å²) in [5.41, 5.74) is 0.968. The minimum Gasteiger partial charge on any atom is -0.496 e. The molecule has 3 aromatic rings. The Bertz CT molecular complexity index is 866. The molecule has 1 aliphatic rings. The van der Waals surface area contributed by atoms with Gasteiger partial charge < -0.3 is 9.30 Å². The van der Waals surface area contributed by atoms with Gasteiger partial charge in [0.1, 0.15) is 17.3 Å². The molecule has 1 saturated carbocycles. The van der Waals surface area contributed by atoms with Crippen LogP contribution in [0.3, 0.4) is 0 Å². The maximum absolute atomic E-state index is 12.2. The SMILES string of the molecule is COc1cccc2c1ccn2CC(=O)Nc1nnc(C2CC2)s1. The van der Waals surface area contributed by atoms with E-state index in [1.807, 2.05) is 35.0 Å². The summed E-state index contributed by atoms with van der Waals surface area (Å²) < 4.78 is 7.24. The molecule has 0 radical (unpaired) electrons. The number of ether oxygens (including phenoxy) is 1. The first-order valence-corrected chi connectivity index (χ1v) is 8.31. The molecule has 6 nitrogen and oxygen atoms in total. The van der Waals surface area contributed by atoms with Crippen LogP contribution in [0.4, 0.5) is 5.13 Å². The van der Waals surface area contributed by atoms with Crippen molar-refractivity contribution in [3.8, 4) is 5.75 Å². The lowest BCUT2D eigenvalue weighted by Crippen LogP contribution is -2.18. The molecule has 1 aromatic carbocycles. The molecule has 0 atom stereocenters. The third-order valence-corrected chi connectivity index (χ3v) is 4.92. The molecule has 1 fully saturated rings. The van der Waals surface area contributed by atoms with Crippen molar-refractivity contribution in [2.75, 3.05) is 12.4 Å². The molecule has 118 valence electrons. The van der Waals surface area contributed by atoms with Gasteiger partial charge in [0.2, 0.25) is 11.0 Å². The van der Waals surface area contributed by atoms with E-state index in [-0.39, 0.29) is 12.5 Å². The summed E-state index contributed by atoms with van der Waals surface area (Å²) in [6.45, 7) is 0.231. The van der Waals surface area contributed by atoms with Gasteiger partial charge in [-0.05, 0) is 31.0 Å². The molecule has 1 N–H and O–H groups in total. The molecule has 0 saturated heterocycles. The number of hydrogen-bond donors (Lipinski definition) is 1. The quantitative estimate of drug-likeness (QED) is 0.781. The third kappa shape index (κ3) is 2.79. The van der Waals surface area contributed by atoms with Gasteiger partial charge in [0.15, 0.2) is 0 Å². The molecule has 7 heteroatoms. The van der Waals surface area contributed by atoms with Crippen LogP contribution in [0.1, 0.15) is 23.8 Å². The molecule has 23 heavy (non-hydrogen) atoms. The maximum Gasteiger partial charge on any atom is 0.246 e. The van der Waals surface area contributed by atoms with Crippen LogP contribution in [0.15, 0.2) is 30.5 Å². The van der Waals surface area contributed by atoms with E-state index in [9.17, 15) is 4.79 Å². The number of carbonyl (C=O) groups excluding carboxylic acids is 1. The number of rotatable bonds is 5. The van der Waals surface area contributed by atoms with Gasteiger partial charge in [-0.3, -0.25) is 10.1 Å². The highest BCUT2D eigenvalue weighted by molar-refractivity contribution is 7.15. The second-order valence-corrected chi connectivity index (χ2v) is 6.61. The highest BCUT2D eigenvalue weighted by Crippen LogP contribution is 2.42. The molecule has 2 heterocycles. The second kappa shape index (κ2) is 5.66. The molecule has 0 bridgehead atoms. The molecule has 0 spiro atoms. The fourth-order valence-corrected chi connectivity index (χ4v) is 3.53. The molecule has 1 amide bonds. The number of nitrogens with one attached hydrogen (secondary N) is 1. The van der Waals surface area contributed by atoms with Crippen molar-refractivity contribution in [3.63, 3.8) is 0 Å². The molecule has 0 aliphatic heterocycles. The highest BCUT2D eigenvalue weighted by Gasteiger charge is 2.27. The highest BCUT2D eigenvalue weighted by atomic mass is 32.1. The van der Waals surface area contributed by atoms with Crippen molar-refractivity contribution in [3.05, 3.63) is 35.5 Å². The van der Waals surface area contributed by atoms with E-state index >= 15 is 0 Å². The maximum atomic E-state index is 12.2. The Morgan fingerprint density at radius 1 is 1.39 bits per heavy atom. The van der Waals surface area contributed by atoms with Gasteiger partial charge in [0.05, 0.1) is 12.6 Å². The zero-order valence-corrected chi connectivity index (χ0v) is 13.5. The van der Waals surface area contributed by atoms with Crippen LogP contribution in [0.5, 0.6) is 5.75 Å². The zero-order chi connectivity index (χ0) is 15.8. The number of methoxy groups -OCH3 is 1. The first-order valence-electron chi connectivity index (χ1n) is 7.49. The minimum atomic E-state index is -0.108. The fourth-order valence-electron chi connectivity index (χ4n) is 2.60. The first-order chi connectivity index (χ1) is 11.2. The van der Waals surface area contributed by atoms with E-state index < -0.39 is 0 Å². The predicted molar refractivity (Wildman–Crippen MR) is 89.0 cm³/mol.